The van der Waals surface area contributed by atoms with Crippen molar-refractivity contribution in [2.45, 2.75) is 52.6 Å². The van der Waals surface area contributed by atoms with Gasteiger partial charge in [-0.15, -0.1) is 0 Å². The third-order valence-corrected chi connectivity index (χ3v) is 2.84. The molecule has 0 aliphatic rings. The van der Waals surface area contributed by atoms with E-state index in [1.54, 1.807) is 6.92 Å². The van der Waals surface area contributed by atoms with Crippen LogP contribution in [0, 0.1) is 0 Å². The third-order valence-electron chi connectivity index (χ3n) is 2.84. The minimum Gasteiger partial charge on any atom is -0.339 e. The summed E-state index contributed by atoms with van der Waals surface area (Å²) in [6.07, 6.45) is 2.07. The van der Waals surface area contributed by atoms with E-state index in [2.05, 4.69) is 0 Å². The molecule has 116 valence electrons. The summed E-state index contributed by atoms with van der Waals surface area (Å²) in [6.45, 7) is 6.25. The van der Waals surface area contributed by atoms with Gasteiger partial charge in [-0.3, -0.25) is 4.79 Å². The van der Waals surface area contributed by atoms with Crippen molar-refractivity contribution < 1.29 is 18.0 Å². The van der Waals surface area contributed by atoms with Crippen LogP contribution in [0.25, 0.3) is 0 Å². The van der Waals surface area contributed by atoms with Crippen molar-refractivity contribution in [2.24, 2.45) is 0 Å². The Kier molecular flexibility index (Phi) is 9.01. The van der Waals surface area contributed by atoms with Gasteiger partial charge in [-0.25, -0.2) is 0 Å². The SMILES string of the molecule is C/C=C/C=C(/C(=O)N(CCCC)CCCC)C(F)(F)F. The molecule has 0 fully saturated rings. The topological polar surface area (TPSA) is 20.3 Å². The predicted molar refractivity (Wildman–Crippen MR) is 75.3 cm³/mol. The lowest BCUT2D eigenvalue weighted by atomic mass is 10.1. The van der Waals surface area contributed by atoms with Gasteiger partial charge >= 0.3 is 6.18 Å². The number of carbonyl (C=O) groups is 1. The van der Waals surface area contributed by atoms with Crippen LogP contribution >= 0.6 is 0 Å². The molecular formula is C15H24F3NO. The van der Waals surface area contributed by atoms with Gasteiger partial charge in [0.25, 0.3) is 5.91 Å². The second-order valence-electron chi connectivity index (χ2n) is 4.60. The molecule has 0 aromatic carbocycles. The van der Waals surface area contributed by atoms with Crippen LogP contribution < -0.4 is 0 Å². The van der Waals surface area contributed by atoms with Crippen LogP contribution in [0.2, 0.25) is 0 Å². The van der Waals surface area contributed by atoms with Crippen molar-refractivity contribution in [1.82, 2.24) is 4.90 Å². The number of nitrogens with zero attached hydrogens (tertiary/aromatic N) is 1. The van der Waals surface area contributed by atoms with Crippen molar-refractivity contribution in [1.29, 1.82) is 0 Å². The van der Waals surface area contributed by atoms with Crippen molar-refractivity contribution in [3.8, 4) is 0 Å². The summed E-state index contributed by atoms with van der Waals surface area (Å²) in [4.78, 5) is 13.4. The van der Waals surface area contributed by atoms with Crippen molar-refractivity contribution >= 4 is 5.91 Å². The highest BCUT2D eigenvalue weighted by molar-refractivity contribution is 5.95. The van der Waals surface area contributed by atoms with E-state index in [4.69, 9.17) is 0 Å². The first kappa shape index (κ1) is 18.7. The van der Waals surface area contributed by atoms with Crippen LogP contribution in [-0.4, -0.2) is 30.1 Å². The highest BCUT2D eigenvalue weighted by Crippen LogP contribution is 2.27. The maximum atomic E-state index is 12.9. The van der Waals surface area contributed by atoms with Crippen LogP contribution in [0.4, 0.5) is 13.2 Å². The molecule has 0 heterocycles. The summed E-state index contributed by atoms with van der Waals surface area (Å²) in [6, 6.07) is 0. The first-order valence-electron chi connectivity index (χ1n) is 7.07. The smallest absolute Gasteiger partial charge is 0.339 e. The monoisotopic (exact) mass is 291 g/mol. The number of hydrogen-bond acceptors (Lipinski definition) is 1. The number of rotatable bonds is 8. The molecule has 0 aromatic rings. The van der Waals surface area contributed by atoms with Crippen LogP contribution in [0.15, 0.2) is 23.8 Å². The minimum atomic E-state index is -4.62. The molecule has 0 aliphatic heterocycles. The quantitative estimate of drug-likeness (QED) is 0.477. The van der Waals surface area contributed by atoms with Crippen LogP contribution in [0.1, 0.15) is 46.5 Å². The van der Waals surface area contributed by atoms with Gasteiger partial charge in [0.2, 0.25) is 0 Å². The first-order chi connectivity index (χ1) is 9.38. The lowest BCUT2D eigenvalue weighted by Crippen LogP contribution is -2.37. The Morgan fingerprint density at radius 2 is 1.60 bits per heavy atom. The molecule has 0 aromatic heterocycles. The summed E-state index contributed by atoms with van der Waals surface area (Å²) in [5.74, 6) is -0.919. The molecule has 0 radical (unpaired) electrons. The highest BCUT2D eigenvalue weighted by atomic mass is 19.4. The van der Waals surface area contributed by atoms with Crippen molar-refractivity contribution in [3.05, 3.63) is 23.8 Å². The predicted octanol–water partition coefficient (Wildman–Crippen LogP) is 4.48. The average molecular weight is 291 g/mol. The lowest BCUT2D eigenvalue weighted by Gasteiger charge is -2.24. The number of allylic oxidation sites excluding steroid dienone is 3. The Balaban J connectivity index is 5.13. The van der Waals surface area contributed by atoms with Crippen LogP contribution in [0.3, 0.4) is 0 Å². The van der Waals surface area contributed by atoms with E-state index in [1.807, 2.05) is 13.8 Å². The second-order valence-corrected chi connectivity index (χ2v) is 4.60. The van der Waals surface area contributed by atoms with E-state index in [-0.39, 0.29) is 0 Å². The van der Waals surface area contributed by atoms with Gasteiger partial charge in [0.05, 0.1) is 0 Å². The van der Waals surface area contributed by atoms with Crippen LogP contribution in [-0.2, 0) is 4.79 Å². The van der Waals surface area contributed by atoms with E-state index in [1.165, 1.54) is 17.1 Å². The molecule has 0 bridgehead atoms. The molecular weight excluding hydrogens is 267 g/mol. The molecule has 0 aliphatic carbocycles. The Labute approximate surface area is 119 Å². The first-order valence-corrected chi connectivity index (χ1v) is 7.07. The van der Waals surface area contributed by atoms with Crippen LogP contribution in [0.5, 0.6) is 0 Å². The summed E-state index contributed by atoms with van der Waals surface area (Å²) >= 11 is 0. The van der Waals surface area contributed by atoms with E-state index in [9.17, 15) is 18.0 Å². The minimum absolute atomic E-state index is 0.374. The molecule has 0 spiro atoms. The van der Waals surface area contributed by atoms with Gasteiger partial charge in [-0.05, 0) is 25.8 Å². The lowest BCUT2D eigenvalue weighted by molar-refractivity contribution is -0.139. The van der Waals surface area contributed by atoms with Crippen molar-refractivity contribution in [2.75, 3.05) is 13.1 Å². The van der Waals surface area contributed by atoms with Gasteiger partial charge in [0, 0.05) is 13.1 Å². The Bertz CT molecular complexity index is 338. The average Bonchev–Trinajstić information content (AvgIpc) is 2.37. The second kappa shape index (κ2) is 9.61. The molecule has 5 heteroatoms. The molecule has 0 unspecified atom stereocenters. The number of hydrogen-bond donors (Lipinski definition) is 0. The molecule has 2 nitrogen and oxygen atoms in total. The molecule has 20 heavy (non-hydrogen) atoms. The summed E-state index contributed by atoms with van der Waals surface area (Å²) in [5, 5.41) is 0. The maximum Gasteiger partial charge on any atom is 0.421 e. The van der Waals surface area contributed by atoms with E-state index in [0.717, 1.165) is 18.9 Å². The fraction of sp³-hybridized carbons (Fsp3) is 0.667. The molecule has 0 saturated carbocycles. The number of halogens is 3. The summed E-state index contributed by atoms with van der Waals surface area (Å²) in [5.41, 5.74) is -1.09. The summed E-state index contributed by atoms with van der Waals surface area (Å²) < 4.78 is 38.8. The maximum absolute atomic E-state index is 12.9. The molecule has 0 rings (SSSR count). The Morgan fingerprint density at radius 3 is 1.95 bits per heavy atom. The standard InChI is InChI=1S/C15H24F3NO/c1-4-7-10-13(15(16,17)18)14(20)19(11-8-5-2)12-9-6-3/h4,7,10H,5-6,8-9,11-12H2,1-3H3/b7-4+,13-10-. The zero-order valence-corrected chi connectivity index (χ0v) is 12.5. The van der Waals surface area contributed by atoms with Gasteiger partial charge in [-0.1, -0.05) is 38.8 Å². The Morgan fingerprint density at radius 1 is 1.10 bits per heavy atom. The number of unbranched alkanes of at least 4 members (excludes halogenated alkanes) is 2. The molecule has 0 N–H and O–H groups in total. The molecule has 0 atom stereocenters. The van der Waals surface area contributed by atoms with Gasteiger partial charge in [-0.2, -0.15) is 13.2 Å². The number of carbonyl (C=O) groups excluding carboxylic acids is 1. The number of alkyl halides is 3. The fourth-order valence-electron chi connectivity index (χ4n) is 1.66. The zero-order chi connectivity index (χ0) is 15.6. The third kappa shape index (κ3) is 6.78. The molecule has 1 amide bonds. The van der Waals surface area contributed by atoms with Gasteiger partial charge in [0.1, 0.15) is 5.57 Å². The van der Waals surface area contributed by atoms with E-state index < -0.39 is 17.7 Å². The largest absolute Gasteiger partial charge is 0.421 e. The zero-order valence-electron chi connectivity index (χ0n) is 12.5. The fourth-order valence-corrected chi connectivity index (χ4v) is 1.66. The van der Waals surface area contributed by atoms with Gasteiger partial charge in [0.15, 0.2) is 0 Å². The molecule has 0 saturated heterocycles. The normalized spacial score (nSPS) is 13.0. The van der Waals surface area contributed by atoms with Crippen molar-refractivity contribution in [3.63, 3.8) is 0 Å². The van der Waals surface area contributed by atoms with E-state index in [0.29, 0.717) is 25.9 Å². The summed E-state index contributed by atoms with van der Waals surface area (Å²) in [7, 11) is 0. The Hall–Kier alpha value is -1.26. The van der Waals surface area contributed by atoms with Gasteiger partial charge < -0.3 is 4.90 Å². The number of amides is 1. The van der Waals surface area contributed by atoms with E-state index >= 15 is 0 Å². The highest BCUT2D eigenvalue weighted by Gasteiger charge is 2.39.